The summed E-state index contributed by atoms with van der Waals surface area (Å²) in [7, 11) is -3.43. The summed E-state index contributed by atoms with van der Waals surface area (Å²) in [5, 5.41) is 18.3. The Labute approximate surface area is 126 Å². The number of nitrogens with zero attached hydrogens (tertiary/aromatic N) is 2. The van der Waals surface area contributed by atoms with Crippen molar-refractivity contribution >= 4 is 9.84 Å². The summed E-state index contributed by atoms with van der Waals surface area (Å²) in [6.45, 7) is 6.39. The van der Waals surface area contributed by atoms with Gasteiger partial charge in [-0.2, -0.15) is 5.26 Å². The Balaban J connectivity index is 2.82. The number of hydrogen-bond acceptors (Lipinski definition) is 5. The Morgan fingerprint density at radius 3 is 2.52 bits per heavy atom. The Hall–Kier alpha value is -1.42. The van der Waals surface area contributed by atoms with E-state index in [1.165, 1.54) is 12.1 Å². The standard InChI is InChI=1S/C15H22N2O3S/c1-12(2)17(11-13(3)18)7-8-21(19,20)15-6-4-5-14(9-15)10-16/h4-6,9,12-13,18H,7-8,11H2,1-3H3. The first-order chi connectivity index (χ1) is 9.76. The van der Waals surface area contributed by atoms with Crippen molar-refractivity contribution in [1.29, 1.82) is 5.26 Å². The Morgan fingerprint density at radius 2 is 2.00 bits per heavy atom. The SMILES string of the molecule is CC(O)CN(CCS(=O)(=O)c1cccc(C#N)c1)C(C)C. The van der Waals surface area contributed by atoms with Gasteiger partial charge in [-0.15, -0.1) is 0 Å². The van der Waals surface area contributed by atoms with E-state index in [0.29, 0.717) is 18.7 Å². The van der Waals surface area contributed by atoms with Gasteiger partial charge in [-0.1, -0.05) is 6.07 Å². The molecular weight excluding hydrogens is 288 g/mol. The summed E-state index contributed by atoms with van der Waals surface area (Å²) in [6.07, 6.45) is -0.503. The summed E-state index contributed by atoms with van der Waals surface area (Å²) in [4.78, 5) is 2.10. The van der Waals surface area contributed by atoms with Crippen molar-refractivity contribution in [3.8, 4) is 6.07 Å². The van der Waals surface area contributed by atoms with Crippen molar-refractivity contribution in [3.05, 3.63) is 29.8 Å². The Kier molecular flexibility index (Phi) is 6.34. The molecule has 0 saturated heterocycles. The number of hydrogen-bond donors (Lipinski definition) is 1. The lowest BCUT2D eigenvalue weighted by Crippen LogP contribution is -2.39. The van der Waals surface area contributed by atoms with E-state index in [-0.39, 0.29) is 16.7 Å². The minimum Gasteiger partial charge on any atom is -0.392 e. The van der Waals surface area contributed by atoms with Crippen molar-refractivity contribution in [1.82, 2.24) is 4.90 Å². The molecular formula is C15H22N2O3S. The zero-order valence-corrected chi connectivity index (χ0v) is 13.5. The van der Waals surface area contributed by atoms with Crippen LogP contribution in [0.15, 0.2) is 29.2 Å². The summed E-state index contributed by atoms with van der Waals surface area (Å²) in [5.41, 5.74) is 0.334. The average molecular weight is 310 g/mol. The number of aliphatic hydroxyl groups is 1. The van der Waals surface area contributed by atoms with Crippen LogP contribution in [0.25, 0.3) is 0 Å². The van der Waals surface area contributed by atoms with Gasteiger partial charge in [0.05, 0.1) is 28.4 Å². The van der Waals surface area contributed by atoms with Gasteiger partial charge in [0.1, 0.15) is 0 Å². The molecule has 0 aliphatic carbocycles. The monoisotopic (exact) mass is 310 g/mol. The molecule has 0 spiro atoms. The minimum atomic E-state index is -3.43. The fourth-order valence-electron chi connectivity index (χ4n) is 2.01. The number of rotatable bonds is 7. The number of benzene rings is 1. The molecule has 0 heterocycles. The molecule has 1 rings (SSSR count). The highest BCUT2D eigenvalue weighted by Gasteiger charge is 2.19. The quantitative estimate of drug-likeness (QED) is 0.824. The van der Waals surface area contributed by atoms with E-state index in [1.807, 2.05) is 24.8 Å². The maximum absolute atomic E-state index is 12.3. The van der Waals surface area contributed by atoms with Crippen LogP contribution in [0.2, 0.25) is 0 Å². The van der Waals surface area contributed by atoms with Crippen LogP contribution >= 0.6 is 0 Å². The van der Waals surface area contributed by atoms with Gasteiger partial charge in [0, 0.05) is 19.1 Å². The molecule has 0 saturated carbocycles. The van der Waals surface area contributed by atoms with Crippen LogP contribution in [-0.2, 0) is 9.84 Å². The Morgan fingerprint density at radius 1 is 1.33 bits per heavy atom. The molecule has 0 aliphatic rings. The zero-order valence-electron chi connectivity index (χ0n) is 12.7. The molecule has 6 heteroatoms. The lowest BCUT2D eigenvalue weighted by molar-refractivity contribution is 0.112. The van der Waals surface area contributed by atoms with Gasteiger partial charge >= 0.3 is 0 Å². The highest BCUT2D eigenvalue weighted by Crippen LogP contribution is 2.14. The van der Waals surface area contributed by atoms with E-state index in [9.17, 15) is 13.5 Å². The van der Waals surface area contributed by atoms with Crippen molar-refractivity contribution in [3.63, 3.8) is 0 Å². The van der Waals surface area contributed by atoms with E-state index < -0.39 is 15.9 Å². The van der Waals surface area contributed by atoms with Crippen LogP contribution < -0.4 is 0 Å². The highest BCUT2D eigenvalue weighted by atomic mass is 32.2. The first-order valence-electron chi connectivity index (χ1n) is 6.91. The average Bonchev–Trinajstić information content (AvgIpc) is 2.43. The van der Waals surface area contributed by atoms with Crippen molar-refractivity contribution < 1.29 is 13.5 Å². The summed E-state index contributed by atoms with van der Waals surface area (Å²) in [6, 6.07) is 8.14. The van der Waals surface area contributed by atoms with Crippen LogP contribution in [0.4, 0.5) is 0 Å². The molecule has 0 aliphatic heterocycles. The van der Waals surface area contributed by atoms with Gasteiger partial charge in [0.25, 0.3) is 0 Å². The third kappa shape index (κ3) is 5.46. The molecule has 0 fully saturated rings. The maximum atomic E-state index is 12.3. The Bertz CT molecular complexity index is 604. The molecule has 0 aromatic heterocycles. The molecule has 1 atom stereocenters. The second-order valence-corrected chi connectivity index (χ2v) is 7.51. The summed E-state index contributed by atoms with van der Waals surface area (Å²) < 4.78 is 24.6. The van der Waals surface area contributed by atoms with E-state index >= 15 is 0 Å². The number of nitriles is 1. The normalized spacial score (nSPS) is 13.4. The van der Waals surface area contributed by atoms with Crippen LogP contribution in [0.1, 0.15) is 26.3 Å². The van der Waals surface area contributed by atoms with E-state index in [2.05, 4.69) is 0 Å². The van der Waals surface area contributed by atoms with Crippen LogP contribution in [0.3, 0.4) is 0 Å². The molecule has 116 valence electrons. The van der Waals surface area contributed by atoms with E-state index in [4.69, 9.17) is 5.26 Å². The second kappa shape index (κ2) is 7.55. The first-order valence-corrected chi connectivity index (χ1v) is 8.56. The van der Waals surface area contributed by atoms with Crippen LogP contribution in [0, 0.1) is 11.3 Å². The highest BCUT2D eigenvalue weighted by molar-refractivity contribution is 7.91. The molecule has 0 radical (unpaired) electrons. The lowest BCUT2D eigenvalue weighted by Gasteiger charge is -2.27. The molecule has 1 unspecified atom stereocenters. The smallest absolute Gasteiger partial charge is 0.179 e. The van der Waals surface area contributed by atoms with Gasteiger partial charge in [0.2, 0.25) is 0 Å². The van der Waals surface area contributed by atoms with Crippen molar-refractivity contribution in [2.24, 2.45) is 0 Å². The molecule has 0 amide bonds. The van der Waals surface area contributed by atoms with Crippen LogP contribution in [0.5, 0.6) is 0 Å². The third-order valence-electron chi connectivity index (χ3n) is 3.20. The zero-order chi connectivity index (χ0) is 16.0. The lowest BCUT2D eigenvalue weighted by atomic mass is 10.2. The van der Waals surface area contributed by atoms with E-state index in [1.54, 1.807) is 19.1 Å². The largest absolute Gasteiger partial charge is 0.392 e. The third-order valence-corrected chi connectivity index (χ3v) is 4.89. The van der Waals surface area contributed by atoms with Crippen molar-refractivity contribution in [2.45, 2.75) is 37.8 Å². The summed E-state index contributed by atoms with van der Waals surface area (Å²) in [5.74, 6) is -0.0349. The predicted molar refractivity (Wildman–Crippen MR) is 81.6 cm³/mol. The molecule has 0 bridgehead atoms. The minimum absolute atomic E-state index is 0.0349. The van der Waals surface area contributed by atoms with E-state index in [0.717, 1.165) is 0 Å². The summed E-state index contributed by atoms with van der Waals surface area (Å²) >= 11 is 0. The maximum Gasteiger partial charge on any atom is 0.179 e. The van der Waals surface area contributed by atoms with Crippen molar-refractivity contribution in [2.75, 3.05) is 18.8 Å². The fourth-order valence-corrected chi connectivity index (χ4v) is 3.32. The second-order valence-electron chi connectivity index (χ2n) is 5.40. The first kappa shape index (κ1) is 17.6. The molecule has 1 N–H and O–H groups in total. The van der Waals surface area contributed by atoms with Gasteiger partial charge in [-0.05, 0) is 39.0 Å². The number of sulfone groups is 1. The topological polar surface area (TPSA) is 81.4 Å². The molecule has 1 aromatic carbocycles. The van der Waals surface area contributed by atoms with Gasteiger partial charge in [0.15, 0.2) is 9.84 Å². The molecule has 5 nitrogen and oxygen atoms in total. The van der Waals surface area contributed by atoms with Crippen LogP contribution in [-0.4, -0.2) is 49.4 Å². The van der Waals surface area contributed by atoms with Gasteiger partial charge < -0.3 is 5.11 Å². The van der Waals surface area contributed by atoms with Gasteiger partial charge in [-0.3, -0.25) is 4.90 Å². The predicted octanol–water partition coefficient (Wildman–Crippen LogP) is 1.42. The molecule has 1 aromatic rings. The number of aliphatic hydroxyl groups excluding tert-OH is 1. The fraction of sp³-hybridized carbons (Fsp3) is 0.533. The molecule has 21 heavy (non-hydrogen) atoms. The van der Waals surface area contributed by atoms with Gasteiger partial charge in [-0.25, -0.2) is 8.42 Å².